The van der Waals surface area contributed by atoms with Crippen LogP contribution in [-0.2, 0) is 9.53 Å². The number of nitrogens with one attached hydrogen (secondary N) is 1. The summed E-state index contributed by atoms with van der Waals surface area (Å²) in [6.45, 7) is 4.08. The number of aromatic nitrogens is 2. The first-order chi connectivity index (χ1) is 20.6. The van der Waals surface area contributed by atoms with Crippen LogP contribution in [-0.4, -0.2) is 66.3 Å². The third kappa shape index (κ3) is 6.77. The molecule has 1 fully saturated rings. The summed E-state index contributed by atoms with van der Waals surface area (Å²) in [6.07, 6.45) is 0.728. The van der Waals surface area contributed by atoms with Crippen molar-refractivity contribution in [3.8, 4) is 0 Å². The van der Waals surface area contributed by atoms with Crippen molar-refractivity contribution >= 4 is 41.0 Å². The summed E-state index contributed by atoms with van der Waals surface area (Å²) in [6, 6.07) is 16.3. The number of alkyl halides is 2. The molecule has 2 aliphatic heterocycles. The summed E-state index contributed by atoms with van der Waals surface area (Å²) >= 11 is 6.16. The fraction of sp³-hybridized carbons (Fsp3) is 0.387. The lowest BCUT2D eigenvalue weighted by Gasteiger charge is -2.32. The zero-order valence-corrected chi connectivity index (χ0v) is 24.9. The largest absolute Gasteiger partial charge is 0.467 e. The predicted octanol–water partition coefficient (Wildman–Crippen LogP) is 5.30. The number of halogens is 3. The standard InChI is InChI=1S/C31H33ClF2N6O3/c1-19(2)25(29(42)43-3)36-28(41)23-17-35-30(39-15-13-31(33,34)14-16-39)37-27(23)40-18-24(20-7-5-4-6-8-20)26(38-40)21-9-11-22(32)12-10-21/h4-12,17,19,24-25H,13-16,18H2,1-3H3,(H,36,41)/t24?,25-/m0/s1. The van der Waals surface area contributed by atoms with Crippen LogP contribution in [0.4, 0.5) is 20.5 Å². The highest BCUT2D eigenvalue weighted by Gasteiger charge is 2.37. The number of amides is 1. The van der Waals surface area contributed by atoms with Crippen LogP contribution in [0, 0.1) is 5.92 Å². The van der Waals surface area contributed by atoms with Gasteiger partial charge in [0, 0.05) is 43.1 Å². The molecule has 0 aliphatic carbocycles. The third-order valence-corrected chi connectivity index (χ3v) is 7.94. The first-order valence-corrected chi connectivity index (χ1v) is 14.5. The van der Waals surface area contributed by atoms with Gasteiger partial charge >= 0.3 is 5.97 Å². The van der Waals surface area contributed by atoms with Crippen LogP contribution in [0.2, 0.25) is 5.02 Å². The molecule has 1 saturated heterocycles. The quantitative estimate of drug-likeness (QED) is 0.346. The Bertz CT molecular complexity index is 1490. The second-order valence-electron chi connectivity index (χ2n) is 11.0. The fourth-order valence-corrected chi connectivity index (χ4v) is 5.34. The van der Waals surface area contributed by atoms with E-state index in [-0.39, 0.29) is 55.1 Å². The van der Waals surface area contributed by atoms with E-state index in [1.807, 2.05) is 42.5 Å². The van der Waals surface area contributed by atoms with Gasteiger partial charge in [-0.1, -0.05) is 67.9 Å². The van der Waals surface area contributed by atoms with Crippen molar-refractivity contribution in [3.63, 3.8) is 0 Å². The van der Waals surface area contributed by atoms with E-state index in [4.69, 9.17) is 26.4 Å². The van der Waals surface area contributed by atoms with Crippen molar-refractivity contribution in [2.45, 2.75) is 44.6 Å². The lowest BCUT2D eigenvalue weighted by molar-refractivity contribution is -0.144. The van der Waals surface area contributed by atoms with Gasteiger partial charge in [0.2, 0.25) is 5.95 Å². The molecule has 0 bridgehead atoms. The Morgan fingerprint density at radius 1 is 1.07 bits per heavy atom. The van der Waals surface area contributed by atoms with Crippen LogP contribution in [0.1, 0.15) is 54.1 Å². The number of hydrogen-bond donors (Lipinski definition) is 1. The van der Waals surface area contributed by atoms with Gasteiger partial charge in [-0.3, -0.25) is 4.79 Å². The lowest BCUT2D eigenvalue weighted by atomic mass is 9.90. The Labute approximate surface area is 253 Å². The fourth-order valence-electron chi connectivity index (χ4n) is 5.21. The molecule has 226 valence electrons. The number of ether oxygens (including phenoxy) is 1. The summed E-state index contributed by atoms with van der Waals surface area (Å²) in [5, 5.41) is 9.93. The first kappa shape index (κ1) is 30.3. The topological polar surface area (TPSA) is 100 Å². The van der Waals surface area contributed by atoms with Crippen LogP contribution >= 0.6 is 11.6 Å². The van der Waals surface area contributed by atoms with Gasteiger partial charge in [-0.05, 0) is 29.2 Å². The minimum Gasteiger partial charge on any atom is -0.467 e. The normalized spacial score (nSPS) is 18.8. The number of carbonyl (C=O) groups is 2. The minimum atomic E-state index is -2.74. The van der Waals surface area contributed by atoms with Crippen molar-refractivity contribution in [2.75, 3.05) is 36.7 Å². The number of carbonyl (C=O) groups excluding carboxylic acids is 2. The van der Waals surface area contributed by atoms with Gasteiger partial charge in [-0.25, -0.2) is 23.6 Å². The number of benzene rings is 2. The van der Waals surface area contributed by atoms with E-state index in [1.54, 1.807) is 35.9 Å². The van der Waals surface area contributed by atoms with Crippen LogP contribution in [0.25, 0.3) is 0 Å². The number of esters is 1. The van der Waals surface area contributed by atoms with E-state index in [9.17, 15) is 18.4 Å². The van der Waals surface area contributed by atoms with Crippen molar-refractivity contribution in [2.24, 2.45) is 11.0 Å². The second kappa shape index (κ2) is 12.6. The highest BCUT2D eigenvalue weighted by Crippen LogP contribution is 2.35. The van der Waals surface area contributed by atoms with E-state index >= 15 is 0 Å². The Balaban J connectivity index is 1.57. The van der Waals surface area contributed by atoms with Crippen LogP contribution in [0.5, 0.6) is 0 Å². The molecule has 3 heterocycles. The van der Waals surface area contributed by atoms with Crippen molar-refractivity contribution in [3.05, 3.63) is 82.5 Å². The van der Waals surface area contributed by atoms with Crippen molar-refractivity contribution < 1.29 is 23.1 Å². The van der Waals surface area contributed by atoms with E-state index in [1.165, 1.54) is 13.3 Å². The van der Waals surface area contributed by atoms with E-state index < -0.39 is 23.8 Å². The molecule has 0 radical (unpaired) electrons. The zero-order chi connectivity index (χ0) is 30.7. The highest BCUT2D eigenvalue weighted by atomic mass is 35.5. The molecule has 0 spiro atoms. The van der Waals surface area contributed by atoms with Gasteiger partial charge in [0.25, 0.3) is 11.8 Å². The second-order valence-corrected chi connectivity index (χ2v) is 11.4. The van der Waals surface area contributed by atoms with Gasteiger partial charge in [0.15, 0.2) is 5.82 Å². The van der Waals surface area contributed by atoms with E-state index in [0.29, 0.717) is 11.6 Å². The molecular weight excluding hydrogens is 578 g/mol. The number of hydrazone groups is 1. The maximum Gasteiger partial charge on any atom is 0.328 e. The molecule has 43 heavy (non-hydrogen) atoms. The average Bonchev–Trinajstić information content (AvgIpc) is 3.45. The summed E-state index contributed by atoms with van der Waals surface area (Å²) in [5.74, 6) is -3.90. The van der Waals surface area contributed by atoms with Gasteiger partial charge in [0.1, 0.15) is 11.6 Å². The molecule has 0 saturated carbocycles. The smallest absolute Gasteiger partial charge is 0.328 e. The van der Waals surface area contributed by atoms with Crippen LogP contribution in [0.15, 0.2) is 65.9 Å². The molecule has 1 unspecified atom stereocenters. The summed E-state index contributed by atoms with van der Waals surface area (Å²) in [5.41, 5.74) is 2.71. The molecule has 9 nitrogen and oxygen atoms in total. The number of rotatable bonds is 8. The summed E-state index contributed by atoms with van der Waals surface area (Å²) < 4.78 is 32.7. The number of anilines is 2. The minimum absolute atomic E-state index is 0.0711. The van der Waals surface area contributed by atoms with Crippen molar-refractivity contribution in [1.29, 1.82) is 0 Å². The molecule has 1 N–H and O–H groups in total. The molecule has 3 aromatic rings. The molecule has 2 atom stereocenters. The summed E-state index contributed by atoms with van der Waals surface area (Å²) in [7, 11) is 1.26. The summed E-state index contributed by atoms with van der Waals surface area (Å²) in [4.78, 5) is 36.9. The van der Waals surface area contributed by atoms with Gasteiger partial charge in [0.05, 0.1) is 19.4 Å². The predicted molar refractivity (Wildman–Crippen MR) is 161 cm³/mol. The van der Waals surface area contributed by atoms with E-state index in [2.05, 4.69) is 10.3 Å². The first-order valence-electron chi connectivity index (χ1n) is 14.1. The van der Waals surface area contributed by atoms with Crippen LogP contribution in [0.3, 0.4) is 0 Å². The Hall–Kier alpha value is -4.12. The van der Waals surface area contributed by atoms with Crippen LogP contribution < -0.4 is 15.2 Å². The Morgan fingerprint density at radius 2 is 1.74 bits per heavy atom. The number of nitrogens with zero attached hydrogens (tertiary/aromatic N) is 5. The maximum absolute atomic E-state index is 13.9. The molecule has 1 aromatic heterocycles. The zero-order valence-electron chi connectivity index (χ0n) is 24.1. The average molecular weight is 611 g/mol. The molecule has 2 aliphatic rings. The molecule has 2 aromatic carbocycles. The van der Waals surface area contributed by atoms with Gasteiger partial charge in [-0.2, -0.15) is 10.1 Å². The molecular formula is C31H33ClF2N6O3. The maximum atomic E-state index is 13.9. The van der Waals surface area contributed by atoms with Crippen molar-refractivity contribution in [1.82, 2.24) is 15.3 Å². The number of piperidine rings is 1. The van der Waals surface area contributed by atoms with E-state index in [0.717, 1.165) is 16.8 Å². The monoisotopic (exact) mass is 610 g/mol. The number of hydrogen-bond acceptors (Lipinski definition) is 8. The Morgan fingerprint density at radius 3 is 2.37 bits per heavy atom. The SMILES string of the molecule is COC(=O)[C@@H](NC(=O)c1cnc(N2CCC(F)(F)CC2)nc1N1CC(c2ccccc2)C(c2ccc(Cl)cc2)=N1)C(C)C. The molecule has 1 amide bonds. The Kier molecular flexibility index (Phi) is 8.91. The molecule has 12 heteroatoms. The number of methoxy groups -OCH3 is 1. The highest BCUT2D eigenvalue weighted by molar-refractivity contribution is 6.30. The third-order valence-electron chi connectivity index (χ3n) is 7.69. The lowest BCUT2D eigenvalue weighted by Crippen LogP contribution is -2.45. The molecule has 5 rings (SSSR count). The van der Waals surface area contributed by atoms with Gasteiger partial charge < -0.3 is 15.0 Å². The van der Waals surface area contributed by atoms with Gasteiger partial charge in [-0.15, -0.1) is 0 Å².